The van der Waals surface area contributed by atoms with Crippen LogP contribution in [-0.4, -0.2) is 32.6 Å². The second-order valence-corrected chi connectivity index (χ2v) is 5.59. The summed E-state index contributed by atoms with van der Waals surface area (Å²) in [6, 6.07) is 11.4. The van der Waals surface area contributed by atoms with Crippen molar-refractivity contribution in [1.29, 1.82) is 0 Å². The van der Waals surface area contributed by atoms with Crippen molar-refractivity contribution in [3.8, 4) is 11.5 Å². The number of halogens is 2. The van der Waals surface area contributed by atoms with E-state index in [0.29, 0.717) is 5.56 Å². The van der Waals surface area contributed by atoms with Crippen LogP contribution in [0.2, 0.25) is 0 Å². The molecule has 0 aromatic heterocycles. The van der Waals surface area contributed by atoms with Crippen molar-refractivity contribution < 1.29 is 27.8 Å². The summed E-state index contributed by atoms with van der Waals surface area (Å²) < 4.78 is 34.8. The van der Waals surface area contributed by atoms with Gasteiger partial charge in [-0.1, -0.05) is 24.3 Å². The van der Waals surface area contributed by atoms with Gasteiger partial charge in [0.15, 0.2) is 11.5 Å². The minimum Gasteiger partial charge on any atom is -0.493 e. The van der Waals surface area contributed by atoms with E-state index < -0.39 is 12.5 Å². The predicted molar refractivity (Wildman–Crippen MR) is 100 cm³/mol. The molecule has 2 rings (SSSR count). The van der Waals surface area contributed by atoms with Crippen molar-refractivity contribution in [3.63, 3.8) is 0 Å². The Balaban J connectivity index is 2.05. The Labute approximate surface area is 161 Å². The number of para-hydroxylation sites is 1. The number of rotatable bonds is 8. The van der Waals surface area contributed by atoms with Crippen LogP contribution in [0.5, 0.6) is 11.5 Å². The van der Waals surface area contributed by atoms with Crippen LogP contribution in [-0.2, 0) is 11.3 Å². The molecule has 0 radical (unpaired) electrons. The highest BCUT2D eigenvalue weighted by Crippen LogP contribution is 2.33. The second kappa shape index (κ2) is 10.1. The largest absolute Gasteiger partial charge is 0.493 e. The van der Waals surface area contributed by atoms with E-state index in [9.17, 15) is 18.4 Å². The third-order valence-corrected chi connectivity index (χ3v) is 3.73. The third-order valence-electron chi connectivity index (χ3n) is 3.73. The van der Waals surface area contributed by atoms with Gasteiger partial charge in [-0.15, -0.1) is 0 Å². The molecule has 0 aliphatic rings. The van der Waals surface area contributed by atoms with Gasteiger partial charge in [0, 0.05) is 30.8 Å². The molecule has 28 heavy (non-hydrogen) atoms. The van der Waals surface area contributed by atoms with Crippen LogP contribution in [0.15, 0.2) is 48.5 Å². The number of carbonyl (C=O) groups is 2. The molecule has 2 N–H and O–H groups in total. The molecular weight excluding hydrogens is 370 g/mol. The first-order valence-corrected chi connectivity index (χ1v) is 8.33. The Bertz CT molecular complexity index is 869. The molecule has 2 aromatic carbocycles. The Morgan fingerprint density at radius 3 is 2.61 bits per heavy atom. The molecule has 0 unspecified atom stereocenters. The van der Waals surface area contributed by atoms with Gasteiger partial charge in [-0.2, -0.15) is 8.78 Å². The molecule has 148 valence electrons. The Hall–Kier alpha value is -3.42. The predicted octanol–water partition coefficient (Wildman–Crippen LogP) is 2.99. The van der Waals surface area contributed by atoms with Gasteiger partial charge in [-0.3, -0.25) is 9.59 Å². The van der Waals surface area contributed by atoms with E-state index in [1.54, 1.807) is 30.3 Å². The fourth-order valence-corrected chi connectivity index (χ4v) is 2.42. The molecule has 0 aliphatic carbocycles. The van der Waals surface area contributed by atoms with E-state index in [1.807, 2.05) is 0 Å². The molecule has 6 nitrogen and oxygen atoms in total. The second-order valence-electron chi connectivity index (χ2n) is 5.59. The van der Waals surface area contributed by atoms with E-state index >= 15 is 0 Å². The first kappa shape index (κ1) is 20.9. The van der Waals surface area contributed by atoms with Gasteiger partial charge in [0.05, 0.1) is 7.11 Å². The molecular formula is C20H20F2N2O4. The Morgan fingerprint density at radius 1 is 1.18 bits per heavy atom. The summed E-state index contributed by atoms with van der Waals surface area (Å²) >= 11 is 0. The molecule has 2 amide bonds. The van der Waals surface area contributed by atoms with Gasteiger partial charge in [0.2, 0.25) is 5.91 Å². The number of carbonyl (C=O) groups excluding carboxylic acids is 2. The summed E-state index contributed by atoms with van der Waals surface area (Å²) in [4.78, 5) is 23.7. The summed E-state index contributed by atoms with van der Waals surface area (Å²) in [7, 11) is 2.87. The zero-order chi connectivity index (χ0) is 20.5. The standard InChI is InChI=1S/C20H20F2N2O4/c1-23-19(26)15-7-3-5-13(11-15)12-24-17(25)10-9-14-6-4-8-16(27-2)18(14)28-20(21)22/h3-11,20H,12H2,1-2H3,(H,23,26)(H,24,25)/b10-9+. The molecule has 0 saturated carbocycles. The normalized spacial score (nSPS) is 10.8. The minimum atomic E-state index is -3.02. The van der Waals surface area contributed by atoms with Gasteiger partial charge < -0.3 is 20.1 Å². The quantitative estimate of drug-likeness (QED) is 0.680. The highest BCUT2D eigenvalue weighted by atomic mass is 19.3. The first-order chi connectivity index (χ1) is 13.4. The lowest BCUT2D eigenvalue weighted by atomic mass is 10.1. The van der Waals surface area contributed by atoms with Gasteiger partial charge in [-0.05, 0) is 29.8 Å². The average molecular weight is 390 g/mol. The maximum Gasteiger partial charge on any atom is 0.387 e. The topological polar surface area (TPSA) is 76.7 Å². The number of hydrogen-bond donors (Lipinski definition) is 2. The number of amides is 2. The van der Waals surface area contributed by atoms with Crippen LogP contribution >= 0.6 is 0 Å². The molecule has 0 spiro atoms. The highest BCUT2D eigenvalue weighted by molar-refractivity contribution is 5.94. The summed E-state index contributed by atoms with van der Waals surface area (Å²) in [5.74, 6) is -0.676. The maximum atomic E-state index is 12.6. The monoisotopic (exact) mass is 390 g/mol. The van der Waals surface area contributed by atoms with Crippen LogP contribution < -0.4 is 20.1 Å². The fraction of sp³-hybridized carbons (Fsp3) is 0.200. The smallest absolute Gasteiger partial charge is 0.387 e. The van der Waals surface area contributed by atoms with Gasteiger partial charge in [-0.25, -0.2) is 0 Å². The van der Waals surface area contributed by atoms with Gasteiger partial charge >= 0.3 is 6.61 Å². The van der Waals surface area contributed by atoms with Crippen molar-refractivity contribution in [1.82, 2.24) is 10.6 Å². The van der Waals surface area contributed by atoms with E-state index in [2.05, 4.69) is 15.4 Å². The van der Waals surface area contributed by atoms with Crippen LogP contribution in [0.4, 0.5) is 8.78 Å². The van der Waals surface area contributed by atoms with E-state index in [0.717, 1.165) is 5.56 Å². The lowest BCUT2D eigenvalue weighted by molar-refractivity contribution is -0.116. The zero-order valence-corrected chi connectivity index (χ0v) is 15.4. The maximum absolute atomic E-state index is 12.6. The average Bonchev–Trinajstić information content (AvgIpc) is 2.70. The molecule has 0 atom stereocenters. The van der Waals surface area contributed by atoms with Crippen molar-refractivity contribution in [2.24, 2.45) is 0 Å². The van der Waals surface area contributed by atoms with Crippen molar-refractivity contribution >= 4 is 17.9 Å². The van der Waals surface area contributed by atoms with Gasteiger partial charge in [0.25, 0.3) is 5.91 Å². The summed E-state index contributed by atoms with van der Waals surface area (Å²) in [6.07, 6.45) is 2.56. The Morgan fingerprint density at radius 2 is 1.93 bits per heavy atom. The van der Waals surface area contributed by atoms with Crippen LogP contribution in [0.25, 0.3) is 6.08 Å². The minimum absolute atomic E-state index is 0.133. The molecule has 0 fully saturated rings. The SMILES string of the molecule is CNC(=O)c1cccc(CNC(=O)/C=C/c2cccc(OC)c2OC(F)F)c1. The van der Waals surface area contributed by atoms with Gasteiger partial charge in [0.1, 0.15) is 0 Å². The fourth-order valence-electron chi connectivity index (χ4n) is 2.42. The first-order valence-electron chi connectivity index (χ1n) is 8.33. The molecule has 0 heterocycles. The highest BCUT2D eigenvalue weighted by Gasteiger charge is 2.14. The number of methoxy groups -OCH3 is 1. The molecule has 0 aliphatic heterocycles. The lowest BCUT2D eigenvalue weighted by Crippen LogP contribution is -2.21. The van der Waals surface area contributed by atoms with Crippen LogP contribution in [0.3, 0.4) is 0 Å². The summed E-state index contributed by atoms with van der Waals surface area (Å²) in [5.41, 5.74) is 1.50. The Kier molecular flexibility index (Phi) is 7.50. The summed E-state index contributed by atoms with van der Waals surface area (Å²) in [6.45, 7) is -2.82. The molecule has 8 heteroatoms. The molecule has 0 bridgehead atoms. The van der Waals surface area contributed by atoms with E-state index in [-0.39, 0.29) is 29.5 Å². The number of nitrogens with one attached hydrogen (secondary N) is 2. The van der Waals surface area contributed by atoms with Crippen LogP contribution in [0, 0.1) is 0 Å². The molecule has 0 saturated heterocycles. The van der Waals surface area contributed by atoms with Crippen molar-refractivity contribution in [2.75, 3.05) is 14.2 Å². The lowest BCUT2D eigenvalue weighted by Gasteiger charge is -2.12. The number of hydrogen-bond acceptors (Lipinski definition) is 4. The number of benzene rings is 2. The number of ether oxygens (including phenoxy) is 2. The summed E-state index contributed by atoms with van der Waals surface area (Å²) in [5, 5.41) is 5.19. The van der Waals surface area contributed by atoms with Crippen molar-refractivity contribution in [3.05, 3.63) is 65.2 Å². The third kappa shape index (κ3) is 5.80. The van der Waals surface area contributed by atoms with Crippen LogP contribution in [0.1, 0.15) is 21.5 Å². The zero-order valence-electron chi connectivity index (χ0n) is 15.4. The van der Waals surface area contributed by atoms with Crippen molar-refractivity contribution in [2.45, 2.75) is 13.2 Å². The van der Waals surface area contributed by atoms with E-state index in [1.165, 1.54) is 38.4 Å². The van der Waals surface area contributed by atoms with E-state index in [4.69, 9.17) is 4.74 Å². The number of alkyl halides is 2. The molecule has 2 aromatic rings.